The molecule has 1 unspecified atom stereocenters. The van der Waals surface area contributed by atoms with Gasteiger partial charge in [-0.3, -0.25) is 4.79 Å². The lowest BCUT2D eigenvalue weighted by Gasteiger charge is -2.25. The van der Waals surface area contributed by atoms with Gasteiger partial charge in [-0.25, -0.2) is 4.39 Å². The van der Waals surface area contributed by atoms with Crippen molar-refractivity contribution >= 4 is 5.78 Å². The van der Waals surface area contributed by atoms with Gasteiger partial charge in [0.2, 0.25) is 0 Å². The Balaban J connectivity index is 2.53. The number of aliphatic hydroxyl groups excluding tert-OH is 1. The predicted octanol–water partition coefficient (Wildman–Crippen LogP) is 0.830. The summed E-state index contributed by atoms with van der Waals surface area (Å²) in [7, 11) is 0. The Morgan fingerprint density at radius 1 is 1.70 bits per heavy atom. The molecule has 1 rings (SSSR count). The SMILES string of the molecule is O=C1CCCC(F)(CO)C1. The minimum atomic E-state index is -1.60. The fraction of sp³-hybridized carbons (Fsp3) is 0.857. The van der Waals surface area contributed by atoms with E-state index in [4.69, 9.17) is 5.11 Å². The van der Waals surface area contributed by atoms with E-state index in [0.717, 1.165) is 0 Å². The molecule has 0 bridgehead atoms. The molecule has 1 aliphatic carbocycles. The molecule has 0 aliphatic heterocycles. The number of hydrogen-bond acceptors (Lipinski definition) is 2. The summed E-state index contributed by atoms with van der Waals surface area (Å²) in [6, 6.07) is 0. The summed E-state index contributed by atoms with van der Waals surface area (Å²) < 4.78 is 13.1. The first-order valence-corrected chi connectivity index (χ1v) is 3.48. The number of hydrogen-bond donors (Lipinski definition) is 1. The van der Waals surface area contributed by atoms with Crippen molar-refractivity contribution in [3.8, 4) is 0 Å². The zero-order valence-corrected chi connectivity index (χ0v) is 5.77. The van der Waals surface area contributed by atoms with Crippen LogP contribution in [0.2, 0.25) is 0 Å². The first-order chi connectivity index (χ1) is 4.66. The van der Waals surface area contributed by atoms with Crippen LogP contribution in [-0.4, -0.2) is 23.2 Å². The standard InChI is InChI=1S/C7H11FO2/c8-7(5-9)3-1-2-6(10)4-7/h9H,1-5H2. The number of halogens is 1. The Morgan fingerprint density at radius 3 is 2.80 bits per heavy atom. The monoisotopic (exact) mass is 146 g/mol. The van der Waals surface area contributed by atoms with Crippen molar-refractivity contribution in [1.82, 2.24) is 0 Å². The smallest absolute Gasteiger partial charge is 0.140 e. The second kappa shape index (κ2) is 2.66. The van der Waals surface area contributed by atoms with Gasteiger partial charge in [-0.15, -0.1) is 0 Å². The van der Waals surface area contributed by atoms with E-state index < -0.39 is 12.3 Å². The summed E-state index contributed by atoms with van der Waals surface area (Å²) in [4.78, 5) is 10.7. The third-order valence-corrected chi connectivity index (χ3v) is 1.88. The van der Waals surface area contributed by atoms with E-state index >= 15 is 0 Å². The van der Waals surface area contributed by atoms with Gasteiger partial charge < -0.3 is 5.11 Å². The summed E-state index contributed by atoms with van der Waals surface area (Å²) in [5, 5.41) is 8.54. The number of rotatable bonds is 1. The Kier molecular flexibility index (Phi) is 2.04. The van der Waals surface area contributed by atoms with Crippen LogP contribution in [0.25, 0.3) is 0 Å². The van der Waals surface area contributed by atoms with Gasteiger partial charge in [-0.2, -0.15) is 0 Å². The summed E-state index contributed by atoms with van der Waals surface area (Å²) in [5.74, 6) is -0.0669. The van der Waals surface area contributed by atoms with Crippen LogP contribution in [0.1, 0.15) is 25.7 Å². The first-order valence-electron chi connectivity index (χ1n) is 3.48. The summed E-state index contributed by atoms with van der Waals surface area (Å²) in [5.41, 5.74) is -1.60. The molecule has 1 N–H and O–H groups in total. The van der Waals surface area contributed by atoms with Gasteiger partial charge in [0.15, 0.2) is 0 Å². The lowest BCUT2D eigenvalue weighted by atomic mass is 9.86. The lowest BCUT2D eigenvalue weighted by molar-refractivity contribution is -0.125. The molecule has 1 atom stereocenters. The zero-order valence-electron chi connectivity index (χ0n) is 5.77. The third-order valence-electron chi connectivity index (χ3n) is 1.88. The highest BCUT2D eigenvalue weighted by Gasteiger charge is 2.34. The van der Waals surface area contributed by atoms with Crippen molar-refractivity contribution in [3.05, 3.63) is 0 Å². The van der Waals surface area contributed by atoms with Crippen molar-refractivity contribution in [2.45, 2.75) is 31.4 Å². The normalized spacial score (nSPS) is 34.4. The largest absolute Gasteiger partial charge is 0.393 e. The maximum Gasteiger partial charge on any atom is 0.140 e. The van der Waals surface area contributed by atoms with Crippen molar-refractivity contribution < 1.29 is 14.3 Å². The van der Waals surface area contributed by atoms with Crippen LogP contribution in [0.5, 0.6) is 0 Å². The molecule has 0 aromatic heterocycles. The van der Waals surface area contributed by atoms with Gasteiger partial charge in [0.1, 0.15) is 11.5 Å². The topological polar surface area (TPSA) is 37.3 Å². The number of aliphatic hydroxyl groups is 1. The molecular weight excluding hydrogens is 135 g/mol. The van der Waals surface area contributed by atoms with Crippen LogP contribution < -0.4 is 0 Å². The third kappa shape index (κ3) is 1.53. The highest BCUT2D eigenvalue weighted by Crippen LogP contribution is 2.28. The van der Waals surface area contributed by atoms with E-state index in [-0.39, 0.29) is 12.2 Å². The zero-order chi connectivity index (χ0) is 7.61. The van der Waals surface area contributed by atoms with Crippen LogP contribution in [-0.2, 0) is 4.79 Å². The van der Waals surface area contributed by atoms with Gasteiger partial charge >= 0.3 is 0 Å². The van der Waals surface area contributed by atoms with E-state index in [1.807, 2.05) is 0 Å². The molecule has 1 aliphatic rings. The minimum absolute atomic E-state index is 0.0669. The van der Waals surface area contributed by atoms with Crippen LogP contribution in [0.15, 0.2) is 0 Å². The molecule has 0 amide bonds. The highest BCUT2D eigenvalue weighted by molar-refractivity contribution is 5.80. The highest BCUT2D eigenvalue weighted by atomic mass is 19.1. The Labute approximate surface area is 59.0 Å². The quantitative estimate of drug-likeness (QED) is 0.595. The molecular formula is C7H11FO2. The van der Waals surface area contributed by atoms with Crippen LogP contribution in [0.4, 0.5) is 4.39 Å². The molecule has 0 aromatic rings. The molecule has 3 heteroatoms. The molecule has 1 saturated carbocycles. The second-order valence-electron chi connectivity index (χ2n) is 2.88. The van der Waals surface area contributed by atoms with Gasteiger partial charge in [-0.1, -0.05) is 0 Å². The second-order valence-corrected chi connectivity index (χ2v) is 2.88. The number of alkyl halides is 1. The molecule has 1 fully saturated rings. The number of ketones is 1. The first kappa shape index (κ1) is 7.66. The van der Waals surface area contributed by atoms with Gasteiger partial charge in [0.25, 0.3) is 0 Å². The van der Waals surface area contributed by atoms with Gasteiger partial charge in [0.05, 0.1) is 6.61 Å². The number of Topliss-reactive ketones (excluding diaryl/α,β-unsaturated/α-hetero) is 1. The van der Waals surface area contributed by atoms with E-state index in [0.29, 0.717) is 19.3 Å². The summed E-state index contributed by atoms with van der Waals surface area (Å²) in [6.45, 7) is -0.515. The summed E-state index contributed by atoms with van der Waals surface area (Å²) >= 11 is 0. The Bertz CT molecular complexity index is 147. The number of carbonyl (C=O) groups excluding carboxylic acids is 1. The van der Waals surface area contributed by atoms with Crippen molar-refractivity contribution in [2.24, 2.45) is 0 Å². The van der Waals surface area contributed by atoms with Gasteiger partial charge in [0, 0.05) is 12.8 Å². The maximum absolute atomic E-state index is 13.1. The van der Waals surface area contributed by atoms with Crippen LogP contribution in [0.3, 0.4) is 0 Å². The Morgan fingerprint density at radius 2 is 2.40 bits per heavy atom. The van der Waals surface area contributed by atoms with Crippen LogP contribution >= 0.6 is 0 Å². The van der Waals surface area contributed by atoms with E-state index in [9.17, 15) is 9.18 Å². The fourth-order valence-corrected chi connectivity index (χ4v) is 1.27. The van der Waals surface area contributed by atoms with E-state index in [2.05, 4.69) is 0 Å². The van der Waals surface area contributed by atoms with Gasteiger partial charge in [-0.05, 0) is 12.8 Å². The molecule has 2 nitrogen and oxygen atoms in total. The lowest BCUT2D eigenvalue weighted by Crippen LogP contribution is -2.34. The number of carbonyl (C=O) groups is 1. The van der Waals surface area contributed by atoms with Crippen LogP contribution in [0, 0.1) is 0 Å². The minimum Gasteiger partial charge on any atom is -0.393 e. The maximum atomic E-state index is 13.1. The molecule has 0 saturated heterocycles. The predicted molar refractivity (Wildman–Crippen MR) is 34.4 cm³/mol. The average molecular weight is 146 g/mol. The molecule has 0 radical (unpaired) electrons. The molecule has 0 heterocycles. The molecule has 0 aromatic carbocycles. The average Bonchev–Trinajstić information content (AvgIpc) is 1.88. The van der Waals surface area contributed by atoms with E-state index in [1.54, 1.807) is 0 Å². The summed E-state index contributed by atoms with van der Waals surface area (Å²) in [6.07, 6.45) is 1.29. The van der Waals surface area contributed by atoms with Crippen molar-refractivity contribution in [3.63, 3.8) is 0 Å². The van der Waals surface area contributed by atoms with E-state index in [1.165, 1.54) is 0 Å². The Hall–Kier alpha value is -0.440. The van der Waals surface area contributed by atoms with Crippen molar-refractivity contribution in [1.29, 1.82) is 0 Å². The fourth-order valence-electron chi connectivity index (χ4n) is 1.27. The molecule has 10 heavy (non-hydrogen) atoms. The molecule has 0 spiro atoms. The molecule has 58 valence electrons. The van der Waals surface area contributed by atoms with Crippen molar-refractivity contribution in [2.75, 3.05) is 6.61 Å².